The number of esters is 1. The van der Waals surface area contributed by atoms with E-state index in [1.807, 2.05) is 6.92 Å². The number of ether oxygens (including phenoxy) is 2. The third kappa shape index (κ3) is 4.57. The van der Waals surface area contributed by atoms with Gasteiger partial charge in [0, 0.05) is 6.54 Å². The van der Waals surface area contributed by atoms with Gasteiger partial charge in [0.1, 0.15) is 10.7 Å². The highest BCUT2D eigenvalue weighted by atomic mass is 32.2. The molecular weight excluding hydrogens is 482 g/mol. The van der Waals surface area contributed by atoms with Crippen molar-refractivity contribution < 1.29 is 32.6 Å². The van der Waals surface area contributed by atoms with Crippen molar-refractivity contribution in [2.45, 2.75) is 24.4 Å². The summed E-state index contributed by atoms with van der Waals surface area (Å²) in [6.45, 7) is 1.84. The van der Waals surface area contributed by atoms with Crippen molar-refractivity contribution in [3.8, 4) is 5.75 Å². The van der Waals surface area contributed by atoms with Crippen LogP contribution in [0.4, 0.5) is 0 Å². The Morgan fingerprint density at radius 3 is 2.28 bits per heavy atom. The maximum atomic E-state index is 13.7. The summed E-state index contributed by atoms with van der Waals surface area (Å²) >= 11 is 0. The van der Waals surface area contributed by atoms with Crippen LogP contribution in [0, 0.1) is 6.92 Å². The minimum atomic E-state index is -4.25. The second kappa shape index (κ2) is 9.87. The smallest absolute Gasteiger partial charge is 0.337 e. The fraction of sp³-hybridized carbons (Fsp3) is 0.185. The van der Waals surface area contributed by atoms with Crippen molar-refractivity contribution >= 4 is 21.7 Å². The Labute approximate surface area is 209 Å². The van der Waals surface area contributed by atoms with E-state index in [-0.39, 0.29) is 17.0 Å². The molecule has 36 heavy (non-hydrogen) atoms. The molecule has 0 aromatic heterocycles. The molecule has 0 bridgehead atoms. The minimum Gasteiger partial charge on any atom is -0.502 e. The number of amides is 1. The maximum absolute atomic E-state index is 13.7. The van der Waals surface area contributed by atoms with Crippen LogP contribution in [-0.4, -0.2) is 44.5 Å². The molecule has 0 fully saturated rings. The first-order chi connectivity index (χ1) is 17.2. The van der Waals surface area contributed by atoms with Crippen LogP contribution in [0.25, 0.3) is 0 Å². The van der Waals surface area contributed by atoms with Crippen LogP contribution in [0.3, 0.4) is 0 Å². The number of sulfone groups is 1. The summed E-state index contributed by atoms with van der Waals surface area (Å²) in [4.78, 5) is 26.0. The number of hydrogen-bond donors (Lipinski definition) is 1. The molecule has 0 spiro atoms. The van der Waals surface area contributed by atoms with Gasteiger partial charge in [-0.15, -0.1) is 0 Å². The largest absolute Gasteiger partial charge is 0.502 e. The highest BCUT2D eigenvalue weighted by molar-refractivity contribution is 7.95. The molecule has 1 aliphatic rings. The number of methoxy groups -OCH3 is 2. The first-order valence-corrected chi connectivity index (χ1v) is 12.5. The predicted molar refractivity (Wildman–Crippen MR) is 132 cm³/mol. The van der Waals surface area contributed by atoms with Crippen LogP contribution in [-0.2, 0) is 25.9 Å². The molecule has 1 amide bonds. The van der Waals surface area contributed by atoms with Gasteiger partial charge >= 0.3 is 5.97 Å². The van der Waals surface area contributed by atoms with Gasteiger partial charge in [0.25, 0.3) is 5.91 Å². The van der Waals surface area contributed by atoms with E-state index in [2.05, 4.69) is 0 Å². The first kappa shape index (κ1) is 25.0. The number of aryl methyl sites for hydroxylation is 1. The van der Waals surface area contributed by atoms with Gasteiger partial charge in [0.2, 0.25) is 9.84 Å². The number of aliphatic hydroxyl groups excluding tert-OH is 1. The molecule has 4 rings (SSSR count). The summed E-state index contributed by atoms with van der Waals surface area (Å²) in [5.41, 5.74) is 2.22. The summed E-state index contributed by atoms with van der Waals surface area (Å²) in [5.74, 6) is -1.63. The number of hydrogen-bond acceptors (Lipinski definition) is 7. The molecule has 1 N–H and O–H groups in total. The van der Waals surface area contributed by atoms with E-state index in [1.165, 1.54) is 43.4 Å². The van der Waals surface area contributed by atoms with Gasteiger partial charge < -0.3 is 19.5 Å². The molecule has 1 aliphatic heterocycles. The zero-order valence-corrected chi connectivity index (χ0v) is 20.8. The lowest BCUT2D eigenvalue weighted by atomic mass is 10.0. The van der Waals surface area contributed by atoms with Crippen molar-refractivity contribution in [1.82, 2.24) is 4.90 Å². The Morgan fingerprint density at radius 2 is 1.67 bits per heavy atom. The molecule has 0 saturated carbocycles. The molecule has 0 saturated heterocycles. The number of carbonyl (C=O) groups is 2. The highest BCUT2D eigenvalue weighted by Gasteiger charge is 2.46. The van der Waals surface area contributed by atoms with Crippen LogP contribution < -0.4 is 4.74 Å². The molecule has 1 atom stereocenters. The number of rotatable bonds is 7. The third-order valence-corrected chi connectivity index (χ3v) is 7.90. The zero-order chi connectivity index (χ0) is 26.0. The summed E-state index contributed by atoms with van der Waals surface area (Å²) < 4.78 is 37.4. The lowest BCUT2D eigenvalue weighted by molar-refractivity contribution is -0.130. The Balaban J connectivity index is 1.84. The van der Waals surface area contributed by atoms with Gasteiger partial charge in [0.05, 0.1) is 30.7 Å². The normalized spacial score (nSPS) is 15.8. The topological polar surface area (TPSA) is 110 Å². The molecule has 1 heterocycles. The summed E-state index contributed by atoms with van der Waals surface area (Å²) in [5, 5.41) is 10.9. The molecular formula is C27H25NO7S. The molecule has 3 aromatic rings. The van der Waals surface area contributed by atoms with Crippen LogP contribution in [0.2, 0.25) is 0 Å². The molecule has 0 aliphatic carbocycles. The van der Waals surface area contributed by atoms with Crippen LogP contribution >= 0.6 is 0 Å². The Morgan fingerprint density at radius 1 is 1.00 bits per heavy atom. The second-order valence-corrected chi connectivity index (χ2v) is 10.2. The molecule has 0 radical (unpaired) electrons. The van der Waals surface area contributed by atoms with E-state index in [9.17, 15) is 23.1 Å². The van der Waals surface area contributed by atoms with Crippen molar-refractivity contribution in [2.24, 2.45) is 0 Å². The van der Waals surface area contributed by atoms with E-state index in [0.717, 1.165) is 5.56 Å². The molecule has 8 nitrogen and oxygen atoms in total. The lowest BCUT2D eigenvalue weighted by Crippen LogP contribution is -2.30. The van der Waals surface area contributed by atoms with E-state index in [0.29, 0.717) is 16.9 Å². The molecule has 1 unspecified atom stereocenters. The number of aliphatic hydroxyl groups is 1. The quantitative estimate of drug-likeness (QED) is 0.479. The minimum absolute atomic E-state index is 0.0103. The molecule has 9 heteroatoms. The van der Waals surface area contributed by atoms with Gasteiger partial charge in [-0.3, -0.25) is 4.79 Å². The predicted octanol–water partition coefficient (Wildman–Crippen LogP) is 4.12. The number of carbonyl (C=O) groups excluding carboxylic acids is 2. The first-order valence-electron chi connectivity index (χ1n) is 11.0. The van der Waals surface area contributed by atoms with Gasteiger partial charge in [-0.1, -0.05) is 42.0 Å². The van der Waals surface area contributed by atoms with E-state index in [4.69, 9.17) is 9.47 Å². The van der Waals surface area contributed by atoms with Crippen molar-refractivity contribution in [2.75, 3.05) is 14.2 Å². The monoisotopic (exact) mass is 507 g/mol. The summed E-state index contributed by atoms with van der Waals surface area (Å²) in [6, 6.07) is 18.1. The third-order valence-electron chi connectivity index (χ3n) is 6.01. The SMILES string of the molecule is COC(=O)c1ccc(C2C(S(=O)(=O)c3ccc(C)cc3)=C(O)C(=O)N2Cc2cccc(OC)c2)cc1. The standard InChI is InChI=1S/C27H25NO7S/c1-17-7-13-22(14-8-17)36(32,33)25-23(19-9-11-20(12-10-19)27(31)35-3)28(26(30)24(25)29)16-18-5-4-6-21(15-18)34-2/h4-15,23,29H,16H2,1-3H3. The van der Waals surface area contributed by atoms with Crippen molar-refractivity contribution in [3.05, 3.63) is 106 Å². The van der Waals surface area contributed by atoms with Crippen molar-refractivity contribution in [3.63, 3.8) is 0 Å². The maximum Gasteiger partial charge on any atom is 0.337 e. The van der Waals surface area contributed by atoms with Crippen LogP contribution in [0.5, 0.6) is 5.75 Å². The lowest BCUT2D eigenvalue weighted by Gasteiger charge is -2.27. The van der Waals surface area contributed by atoms with Gasteiger partial charge in [0.15, 0.2) is 5.76 Å². The van der Waals surface area contributed by atoms with Crippen LogP contribution in [0.15, 0.2) is 88.4 Å². The van der Waals surface area contributed by atoms with Gasteiger partial charge in [-0.2, -0.15) is 0 Å². The molecule has 186 valence electrons. The fourth-order valence-corrected chi connectivity index (χ4v) is 5.78. The van der Waals surface area contributed by atoms with E-state index >= 15 is 0 Å². The van der Waals surface area contributed by atoms with Crippen molar-refractivity contribution in [1.29, 1.82) is 0 Å². The Bertz CT molecular complexity index is 1440. The fourth-order valence-electron chi connectivity index (χ4n) is 4.13. The van der Waals surface area contributed by atoms with Gasteiger partial charge in [-0.25, -0.2) is 13.2 Å². The van der Waals surface area contributed by atoms with E-state index in [1.54, 1.807) is 48.5 Å². The molecule has 3 aromatic carbocycles. The summed E-state index contributed by atoms with van der Waals surface area (Å²) in [7, 11) is -1.48. The second-order valence-electron chi connectivity index (χ2n) is 8.33. The average molecular weight is 508 g/mol. The number of nitrogens with zero attached hydrogens (tertiary/aromatic N) is 1. The Hall–Kier alpha value is -4.11. The zero-order valence-electron chi connectivity index (χ0n) is 20.0. The van der Waals surface area contributed by atoms with Crippen LogP contribution in [0.1, 0.15) is 33.1 Å². The summed E-state index contributed by atoms with van der Waals surface area (Å²) in [6.07, 6.45) is 0. The Kier molecular flexibility index (Phi) is 6.85. The average Bonchev–Trinajstić information content (AvgIpc) is 3.14. The number of benzene rings is 3. The van der Waals surface area contributed by atoms with Gasteiger partial charge in [-0.05, 0) is 54.4 Å². The van der Waals surface area contributed by atoms with E-state index < -0.39 is 38.4 Å². The highest BCUT2D eigenvalue weighted by Crippen LogP contribution is 2.43.